The fourth-order valence-electron chi connectivity index (χ4n) is 12.2. The lowest BCUT2D eigenvalue weighted by atomic mass is 9.96. The van der Waals surface area contributed by atoms with Gasteiger partial charge < -0.3 is 116 Å². The summed E-state index contributed by atoms with van der Waals surface area (Å²) >= 11 is 0. The first-order valence-corrected chi connectivity index (χ1v) is 37.8. The molecular weight excluding hydrogens is 1500 g/mol. The lowest BCUT2D eigenvalue weighted by Crippen LogP contribution is -2.61. The number of benzene rings is 2. The van der Waals surface area contributed by atoms with Crippen LogP contribution in [0.2, 0.25) is 0 Å². The molecule has 0 saturated carbocycles. The van der Waals surface area contributed by atoms with Crippen LogP contribution in [-0.4, -0.2) is 231 Å². The molecule has 0 fully saturated rings. The van der Waals surface area contributed by atoms with Gasteiger partial charge in [0.1, 0.15) is 66.5 Å². The Labute approximate surface area is 661 Å². The van der Waals surface area contributed by atoms with Crippen LogP contribution in [-0.2, 0) is 102 Å². The number of carbonyl (C=O) groups excluding carboxylic acids is 11. The van der Waals surface area contributed by atoms with Crippen LogP contribution in [0.1, 0.15) is 147 Å². The van der Waals surface area contributed by atoms with E-state index in [0.717, 1.165) is 0 Å². The maximum atomic E-state index is 15.1. The molecule has 25 N–H and O–H groups in total. The molecule has 5 rings (SSSR count). The van der Waals surface area contributed by atoms with Crippen LogP contribution in [0.4, 0.5) is 0 Å². The van der Waals surface area contributed by atoms with Crippen LogP contribution in [0.15, 0.2) is 85.8 Å². The molecule has 40 heteroatoms. The number of unbranched alkanes of at least 4 members (excludes halogenated alkanes) is 2. The van der Waals surface area contributed by atoms with Gasteiger partial charge in [-0.3, -0.25) is 71.9 Å². The highest BCUT2D eigenvalue weighted by Gasteiger charge is 2.39. The molecule has 0 aliphatic rings. The number of carboxylic acids is 5. The predicted octanol–water partition coefficient (Wildman–Crippen LogP) is -1.95. The summed E-state index contributed by atoms with van der Waals surface area (Å²) in [7, 11) is 0. The number of para-hydroxylation sites is 1. The van der Waals surface area contributed by atoms with Crippen LogP contribution >= 0.6 is 0 Å². The quantitative estimate of drug-likeness (QED) is 0.0188. The second-order valence-corrected chi connectivity index (χ2v) is 28.3. The zero-order valence-corrected chi connectivity index (χ0v) is 64.4. The molecule has 0 radical (unpaired) electrons. The van der Waals surface area contributed by atoms with Crippen LogP contribution in [0, 0.1) is 11.8 Å². The molecule has 0 saturated heterocycles. The number of hydrogen-bond acceptors (Lipinski definition) is 21. The van der Waals surface area contributed by atoms with Gasteiger partial charge in [0.2, 0.25) is 65.0 Å². The number of aromatic amines is 3. The highest BCUT2D eigenvalue weighted by Crippen LogP contribution is 2.21. The minimum atomic E-state index is -2.04. The Morgan fingerprint density at radius 1 is 0.409 bits per heavy atom. The van der Waals surface area contributed by atoms with Crippen molar-refractivity contribution in [1.82, 2.24) is 83.4 Å². The molecule has 0 aliphatic heterocycles. The van der Waals surface area contributed by atoms with Crippen LogP contribution < -0.4 is 75.7 Å². The summed E-state index contributed by atoms with van der Waals surface area (Å²) in [6, 6.07) is -4.74. The van der Waals surface area contributed by atoms with Gasteiger partial charge in [0.15, 0.2) is 0 Å². The van der Waals surface area contributed by atoms with Gasteiger partial charge in [-0.05, 0) is 99.9 Å². The topological polar surface area (TPSA) is 658 Å². The number of carboxylic acid groups (broad SMARTS) is 5. The summed E-state index contributed by atoms with van der Waals surface area (Å²) in [5.74, 6) is -20.3. The van der Waals surface area contributed by atoms with Gasteiger partial charge in [0.25, 0.3) is 0 Å². The normalized spacial score (nSPS) is 14.6. The number of nitrogens with zero attached hydrogens (tertiary/aromatic N) is 2. The van der Waals surface area contributed by atoms with Crippen molar-refractivity contribution in [3.8, 4) is 0 Å². The van der Waals surface area contributed by atoms with Crippen molar-refractivity contribution in [3.05, 3.63) is 108 Å². The number of H-pyrrole nitrogens is 3. The maximum Gasteiger partial charge on any atom is 0.326 e. The molecule has 115 heavy (non-hydrogen) atoms. The van der Waals surface area contributed by atoms with Gasteiger partial charge >= 0.3 is 29.8 Å². The molecule has 0 spiro atoms. The van der Waals surface area contributed by atoms with Gasteiger partial charge in [0, 0.05) is 85.8 Å². The second-order valence-electron chi connectivity index (χ2n) is 28.3. The summed E-state index contributed by atoms with van der Waals surface area (Å²) in [6.45, 7) is 7.16. The Morgan fingerprint density at radius 2 is 0.809 bits per heavy atom. The Bertz CT molecular complexity index is 4090. The van der Waals surface area contributed by atoms with Crippen LogP contribution in [0.25, 0.3) is 10.9 Å². The monoisotopic (exact) mass is 1610 g/mol. The molecule has 0 unspecified atom stereocenters. The van der Waals surface area contributed by atoms with E-state index >= 15 is 4.79 Å². The lowest BCUT2D eigenvalue weighted by molar-refractivity contribution is -0.143. The van der Waals surface area contributed by atoms with E-state index in [1.165, 1.54) is 31.2 Å². The Balaban J connectivity index is 1.44. The van der Waals surface area contributed by atoms with E-state index in [9.17, 15) is 97.5 Å². The third-order valence-electron chi connectivity index (χ3n) is 18.7. The fraction of sp³-hybridized carbons (Fsp3) is 0.520. The molecule has 40 nitrogen and oxygen atoms in total. The molecule has 0 bridgehead atoms. The Morgan fingerprint density at radius 3 is 1.27 bits per heavy atom. The van der Waals surface area contributed by atoms with E-state index in [1.54, 1.807) is 82.3 Å². The molecular formula is C75H107N19O21. The first kappa shape index (κ1) is 93.4. The van der Waals surface area contributed by atoms with E-state index in [-0.39, 0.29) is 57.2 Å². The Kier molecular flexibility index (Phi) is 39.0. The van der Waals surface area contributed by atoms with Crippen molar-refractivity contribution in [2.24, 2.45) is 29.0 Å². The number of nitrogens with one attached hydrogen (secondary N) is 14. The molecule has 2 aromatic carbocycles. The smallest absolute Gasteiger partial charge is 0.326 e. The second kappa shape index (κ2) is 48.0. The predicted molar refractivity (Wildman–Crippen MR) is 411 cm³/mol. The van der Waals surface area contributed by atoms with Crippen molar-refractivity contribution in [1.29, 1.82) is 0 Å². The van der Waals surface area contributed by atoms with Gasteiger partial charge in [-0.1, -0.05) is 89.1 Å². The molecule has 13 atom stereocenters. The molecule has 3 aromatic heterocycles. The number of nitrogens with two attached hydrogens (primary N) is 3. The van der Waals surface area contributed by atoms with Crippen LogP contribution in [0.5, 0.6) is 0 Å². The first-order chi connectivity index (χ1) is 54.7. The number of hydrogen-bond donors (Lipinski definition) is 22. The van der Waals surface area contributed by atoms with E-state index in [1.807, 2.05) is 0 Å². The molecule has 628 valence electrons. The van der Waals surface area contributed by atoms with Crippen molar-refractivity contribution in [3.63, 3.8) is 0 Å². The number of carbonyl (C=O) groups is 16. The van der Waals surface area contributed by atoms with Crippen LogP contribution in [0.3, 0.4) is 0 Å². The SMILES string of the molecule is CC[C@H](C)[C@H](NC(=O)[C@H](Cc1cnc[nH]1)NC(=O)[C@@H](N)CCCCN)C(=O)N[C@@H](CCCCN)C(=O)N[C@@H](CC(=O)O)C(=O)N[C@@H](Cc1c[nH]c2ccccc12)C(=O)N[C@@H](CCC(=O)O)C(=O)N[C@@H](Cc1cnc[nH]1)C(=O)N[C@@H](CC(C)C)C(=O)N[C@@H](CCC(=O)O)C(=O)N[C@@H](CCC(=O)O)C(=O)N[C@@H](Cc1ccccc1)C(=O)O. The van der Waals surface area contributed by atoms with Gasteiger partial charge in [0.05, 0.1) is 25.1 Å². The van der Waals surface area contributed by atoms with Gasteiger partial charge in [-0.25, -0.2) is 14.8 Å². The van der Waals surface area contributed by atoms with Crippen molar-refractivity contribution >= 4 is 106 Å². The lowest BCUT2D eigenvalue weighted by Gasteiger charge is -2.29. The Hall–Kier alpha value is -12.2. The standard InChI is InChI=1S/C75H107N19O21/c1-5-41(4)63(94-73(112)56(33-45-37-80-39-83-45)88-64(103)47(78)18-11-13-27-76)74(113)87-49(20-12-14-28-77)65(104)92-57(34-62(101)102)72(111)90-54(31-43-35-81-48-19-10-9-17-46(43)48)70(109)86-51(22-25-60(97)98)67(106)91-55(32-44-36-79-38-82-44)71(110)89-53(29-40(2)3)69(108)85-50(21-24-59(95)96)66(105)84-52(23-26-61(99)100)68(107)93-58(75(114)115)30-42-15-7-6-8-16-42/h6-10,15-17,19,35-41,47,49-58,63,81H,5,11-14,18,20-34,76-78H2,1-4H3,(H,79,82)(H,80,83)(H,84,105)(H,85,108)(H,86,109)(H,87,113)(H,88,103)(H,89,110)(H,90,111)(H,91,106)(H,92,104)(H,93,107)(H,94,112)(H,95,96)(H,97,98)(H,99,100)(H,101,102)(H,114,115)/t41-,47-,49-,50-,51-,52-,53-,54-,55-,56-,57-,58-,63-/m0/s1. The summed E-state index contributed by atoms with van der Waals surface area (Å²) in [5.41, 5.74) is 19.7. The number of aromatic nitrogens is 5. The first-order valence-electron chi connectivity index (χ1n) is 37.8. The van der Waals surface area contributed by atoms with E-state index in [4.69, 9.17) is 17.2 Å². The zero-order chi connectivity index (χ0) is 84.8. The maximum absolute atomic E-state index is 15.1. The van der Waals surface area contributed by atoms with Crippen molar-refractivity contribution in [2.45, 2.75) is 222 Å². The highest BCUT2D eigenvalue weighted by molar-refractivity contribution is 6.01. The van der Waals surface area contributed by atoms with E-state index in [0.29, 0.717) is 53.5 Å². The summed E-state index contributed by atoms with van der Waals surface area (Å²) in [6.07, 6.45) is 1.92. The average Bonchev–Trinajstić information content (AvgIpc) is 1.78. The fourth-order valence-corrected chi connectivity index (χ4v) is 12.2. The molecule has 11 amide bonds. The van der Waals surface area contributed by atoms with Gasteiger partial charge in [-0.2, -0.15) is 0 Å². The number of imidazole rings is 2. The minimum Gasteiger partial charge on any atom is -0.481 e. The highest BCUT2D eigenvalue weighted by atomic mass is 16.4. The number of amides is 11. The third-order valence-corrected chi connectivity index (χ3v) is 18.7. The molecule has 3 heterocycles. The number of rotatable bonds is 54. The summed E-state index contributed by atoms with van der Waals surface area (Å²) in [4.78, 5) is 237. The summed E-state index contributed by atoms with van der Waals surface area (Å²) < 4.78 is 0. The minimum absolute atomic E-state index is 0.116. The number of fused-ring (bicyclic) bond motifs is 1. The zero-order valence-electron chi connectivity index (χ0n) is 64.4. The average molecular weight is 1610 g/mol. The third kappa shape index (κ3) is 32.4. The van der Waals surface area contributed by atoms with Crippen molar-refractivity contribution in [2.75, 3.05) is 13.1 Å². The largest absolute Gasteiger partial charge is 0.481 e. The summed E-state index contributed by atoms with van der Waals surface area (Å²) in [5, 5.41) is 77.5. The number of aliphatic carboxylic acids is 5. The van der Waals surface area contributed by atoms with E-state index < -0.39 is 237 Å². The van der Waals surface area contributed by atoms with Crippen molar-refractivity contribution < 1.29 is 102 Å². The molecule has 5 aromatic rings. The van der Waals surface area contributed by atoms with E-state index in [2.05, 4.69) is 83.4 Å². The molecule has 0 aliphatic carbocycles. The van der Waals surface area contributed by atoms with Gasteiger partial charge in [-0.15, -0.1) is 0 Å².